The number of aromatic nitrogens is 3. The summed E-state index contributed by atoms with van der Waals surface area (Å²) < 4.78 is 5.49. The molecular formula is C15H18N4O. The van der Waals surface area contributed by atoms with Gasteiger partial charge >= 0.3 is 0 Å². The first kappa shape index (κ1) is 12.0. The molecule has 1 saturated heterocycles. The molecule has 20 heavy (non-hydrogen) atoms. The van der Waals surface area contributed by atoms with E-state index in [1.807, 2.05) is 25.1 Å². The van der Waals surface area contributed by atoms with Crippen LogP contribution >= 0.6 is 0 Å². The molecule has 0 bridgehead atoms. The van der Waals surface area contributed by atoms with E-state index in [9.17, 15) is 0 Å². The fourth-order valence-electron chi connectivity index (χ4n) is 3.59. The molecule has 2 aromatic rings. The Morgan fingerprint density at radius 3 is 3.10 bits per heavy atom. The number of nitrogens with one attached hydrogen (secondary N) is 1. The van der Waals surface area contributed by atoms with E-state index in [1.54, 1.807) is 0 Å². The zero-order valence-corrected chi connectivity index (χ0v) is 11.5. The SMILES string of the molecule is Cc1cccc(-c2noc(C3NCC4CCCC43)n2)n1. The lowest BCUT2D eigenvalue weighted by Crippen LogP contribution is -2.18. The van der Waals surface area contributed by atoms with Gasteiger partial charge in [0.1, 0.15) is 5.69 Å². The molecule has 2 aromatic heterocycles. The highest BCUT2D eigenvalue weighted by Gasteiger charge is 2.42. The van der Waals surface area contributed by atoms with Crippen LogP contribution in [-0.4, -0.2) is 21.7 Å². The van der Waals surface area contributed by atoms with Crippen LogP contribution in [0.2, 0.25) is 0 Å². The van der Waals surface area contributed by atoms with Crippen molar-refractivity contribution in [3.05, 3.63) is 29.8 Å². The van der Waals surface area contributed by atoms with Crippen molar-refractivity contribution < 1.29 is 4.52 Å². The van der Waals surface area contributed by atoms with E-state index >= 15 is 0 Å². The van der Waals surface area contributed by atoms with E-state index in [0.29, 0.717) is 11.7 Å². The number of hydrogen-bond donors (Lipinski definition) is 1. The Bertz CT molecular complexity index is 624. The molecule has 0 aromatic carbocycles. The van der Waals surface area contributed by atoms with Crippen LogP contribution in [0, 0.1) is 18.8 Å². The molecule has 1 aliphatic heterocycles. The number of rotatable bonds is 2. The normalized spacial score (nSPS) is 28.8. The minimum absolute atomic E-state index is 0.230. The summed E-state index contributed by atoms with van der Waals surface area (Å²) >= 11 is 0. The predicted molar refractivity (Wildman–Crippen MR) is 73.8 cm³/mol. The van der Waals surface area contributed by atoms with E-state index in [0.717, 1.165) is 29.7 Å². The van der Waals surface area contributed by atoms with Crippen molar-refractivity contribution >= 4 is 0 Å². The summed E-state index contributed by atoms with van der Waals surface area (Å²) in [4.78, 5) is 9.01. The van der Waals surface area contributed by atoms with Gasteiger partial charge in [0.05, 0.1) is 6.04 Å². The first-order valence-corrected chi connectivity index (χ1v) is 7.32. The molecule has 0 spiro atoms. The highest BCUT2D eigenvalue weighted by atomic mass is 16.5. The maximum Gasteiger partial charge on any atom is 0.244 e. The van der Waals surface area contributed by atoms with E-state index in [4.69, 9.17) is 4.52 Å². The fraction of sp³-hybridized carbons (Fsp3) is 0.533. The third-order valence-electron chi connectivity index (χ3n) is 4.57. The van der Waals surface area contributed by atoms with Crippen LogP contribution in [0.1, 0.15) is 36.9 Å². The number of nitrogens with zero attached hydrogens (tertiary/aromatic N) is 3. The van der Waals surface area contributed by atoms with Crippen molar-refractivity contribution in [3.8, 4) is 11.5 Å². The van der Waals surface area contributed by atoms with E-state index < -0.39 is 0 Å². The Morgan fingerprint density at radius 1 is 1.25 bits per heavy atom. The predicted octanol–water partition coefficient (Wildman–Crippen LogP) is 2.50. The summed E-state index contributed by atoms with van der Waals surface area (Å²) in [6.45, 7) is 3.04. The van der Waals surface area contributed by atoms with Gasteiger partial charge in [-0.25, -0.2) is 4.98 Å². The number of aryl methyl sites for hydroxylation is 1. The monoisotopic (exact) mass is 270 g/mol. The van der Waals surface area contributed by atoms with Gasteiger partial charge in [-0.3, -0.25) is 0 Å². The Labute approximate surface area is 117 Å². The van der Waals surface area contributed by atoms with Gasteiger partial charge in [0.25, 0.3) is 0 Å². The van der Waals surface area contributed by atoms with Crippen molar-refractivity contribution in [2.45, 2.75) is 32.2 Å². The molecule has 5 nitrogen and oxygen atoms in total. The summed E-state index contributed by atoms with van der Waals surface area (Å²) in [6, 6.07) is 6.08. The molecule has 1 N–H and O–H groups in total. The summed E-state index contributed by atoms with van der Waals surface area (Å²) in [7, 11) is 0. The minimum Gasteiger partial charge on any atom is -0.337 e. The lowest BCUT2D eigenvalue weighted by Gasteiger charge is -2.13. The molecule has 0 amide bonds. The lowest BCUT2D eigenvalue weighted by molar-refractivity contribution is 0.302. The Kier molecular flexibility index (Phi) is 2.80. The maximum atomic E-state index is 5.49. The molecule has 2 fully saturated rings. The van der Waals surface area contributed by atoms with Crippen LogP contribution in [0.4, 0.5) is 0 Å². The first-order valence-electron chi connectivity index (χ1n) is 7.32. The first-order chi connectivity index (χ1) is 9.81. The quantitative estimate of drug-likeness (QED) is 0.908. The topological polar surface area (TPSA) is 63.8 Å². The second-order valence-electron chi connectivity index (χ2n) is 5.86. The maximum absolute atomic E-state index is 5.49. The van der Waals surface area contributed by atoms with Crippen molar-refractivity contribution in [3.63, 3.8) is 0 Å². The van der Waals surface area contributed by atoms with Crippen LogP contribution in [0.3, 0.4) is 0 Å². The zero-order chi connectivity index (χ0) is 13.5. The van der Waals surface area contributed by atoms with Crippen molar-refractivity contribution in [2.24, 2.45) is 11.8 Å². The molecule has 2 aliphatic rings. The molecule has 0 radical (unpaired) electrons. The van der Waals surface area contributed by atoms with Gasteiger partial charge in [-0.2, -0.15) is 4.98 Å². The number of hydrogen-bond acceptors (Lipinski definition) is 5. The molecule has 1 saturated carbocycles. The van der Waals surface area contributed by atoms with Gasteiger partial charge in [-0.05, 0) is 50.3 Å². The summed E-state index contributed by atoms with van der Waals surface area (Å²) in [5.41, 5.74) is 1.74. The molecule has 3 unspecified atom stereocenters. The average molecular weight is 270 g/mol. The molecule has 3 atom stereocenters. The van der Waals surface area contributed by atoms with Crippen LogP contribution in [-0.2, 0) is 0 Å². The highest BCUT2D eigenvalue weighted by Crippen LogP contribution is 2.43. The molecule has 4 rings (SSSR count). The third-order valence-corrected chi connectivity index (χ3v) is 4.57. The largest absolute Gasteiger partial charge is 0.337 e. The second kappa shape index (κ2) is 4.66. The highest BCUT2D eigenvalue weighted by molar-refractivity contribution is 5.48. The molecule has 1 aliphatic carbocycles. The summed E-state index contributed by atoms with van der Waals surface area (Å²) in [6.07, 6.45) is 3.92. The standard InChI is InChI=1S/C15H18N4O/c1-9-4-2-7-12(17-9)14-18-15(20-19-14)13-11-6-3-5-10(11)8-16-13/h2,4,7,10-11,13,16H,3,5-6,8H2,1H3. The number of fused-ring (bicyclic) bond motifs is 1. The molecule has 104 valence electrons. The Hall–Kier alpha value is -1.75. The van der Waals surface area contributed by atoms with Crippen molar-refractivity contribution in [1.82, 2.24) is 20.4 Å². The van der Waals surface area contributed by atoms with Gasteiger partial charge in [0, 0.05) is 5.69 Å². The second-order valence-corrected chi connectivity index (χ2v) is 5.86. The van der Waals surface area contributed by atoms with E-state index in [2.05, 4.69) is 20.4 Å². The van der Waals surface area contributed by atoms with Gasteiger partial charge in [-0.1, -0.05) is 17.6 Å². The Balaban J connectivity index is 1.62. The molecule has 5 heteroatoms. The van der Waals surface area contributed by atoms with E-state index in [1.165, 1.54) is 19.3 Å². The minimum atomic E-state index is 0.230. The van der Waals surface area contributed by atoms with Gasteiger partial charge in [0.2, 0.25) is 11.7 Å². The zero-order valence-electron chi connectivity index (χ0n) is 11.5. The lowest BCUT2D eigenvalue weighted by atomic mass is 9.94. The van der Waals surface area contributed by atoms with Crippen LogP contribution in [0.25, 0.3) is 11.5 Å². The fourth-order valence-corrected chi connectivity index (χ4v) is 3.59. The third kappa shape index (κ3) is 1.93. The molecular weight excluding hydrogens is 252 g/mol. The smallest absolute Gasteiger partial charge is 0.244 e. The average Bonchev–Trinajstić information content (AvgIpc) is 3.14. The van der Waals surface area contributed by atoms with Gasteiger partial charge in [0.15, 0.2) is 0 Å². The van der Waals surface area contributed by atoms with Crippen molar-refractivity contribution in [1.29, 1.82) is 0 Å². The number of pyridine rings is 1. The Morgan fingerprint density at radius 2 is 2.20 bits per heavy atom. The van der Waals surface area contributed by atoms with Crippen LogP contribution in [0.5, 0.6) is 0 Å². The molecule has 3 heterocycles. The van der Waals surface area contributed by atoms with E-state index in [-0.39, 0.29) is 6.04 Å². The van der Waals surface area contributed by atoms with Crippen LogP contribution < -0.4 is 5.32 Å². The summed E-state index contributed by atoms with van der Waals surface area (Å²) in [5, 5.41) is 7.63. The van der Waals surface area contributed by atoms with Crippen molar-refractivity contribution in [2.75, 3.05) is 6.54 Å². The van der Waals surface area contributed by atoms with Crippen LogP contribution in [0.15, 0.2) is 22.7 Å². The summed E-state index contributed by atoms with van der Waals surface area (Å²) in [5.74, 6) is 2.76. The van der Waals surface area contributed by atoms with Gasteiger partial charge < -0.3 is 9.84 Å². The van der Waals surface area contributed by atoms with Gasteiger partial charge in [-0.15, -0.1) is 0 Å².